The number of nitrogens with zero attached hydrogens (tertiary/aromatic N) is 1. The molecule has 0 radical (unpaired) electrons. The lowest BCUT2D eigenvalue weighted by Crippen LogP contribution is -1.90. The van der Waals surface area contributed by atoms with Gasteiger partial charge in [0.25, 0.3) is 6.01 Å². The van der Waals surface area contributed by atoms with Gasteiger partial charge in [-0.3, -0.25) is 0 Å². The molecule has 1 heterocycles. The van der Waals surface area contributed by atoms with Crippen molar-refractivity contribution in [2.75, 3.05) is 7.11 Å². The molecule has 1 atom stereocenters. The first-order valence-corrected chi connectivity index (χ1v) is 5.94. The predicted octanol–water partition coefficient (Wildman–Crippen LogP) is 3.60. The van der Waals surface area contributed by atoms with Crippen molar-refractivity contribution < 1.29 is 4.74 Å². The second-order valence-electron chi connectivity index (χ2n) is 4.24. The van der Waals surface area contributed by atoms with E-state index in [1.54, 1.807) is 13.3 Å². The second-order valence-corrected chi connectivity index (χ2v) is 4.24. The Bertz CT molecular complexity index is 473. The summed E-state index contributed by atoms with van der Waals surface area (Å²) in [6.07, 6.45) is 2.95. The summed E-state index contributed by atoms with van der Waals surface area (Å²) in [5, 5.41) is 0. The third-order valence-corrected chi connectivity index (χ3v) is 3.15. The molecule has 3 nitrogen and oxygen atoms in total. The Balaban J connectivity index is 2.22. The van der Waals surface area contributed by atoms with Gasteiger partial charge in [0.05, 0.1) is 19.0 Å². The van der Waals surface area contributed by atoms with Gasteiger partial charge in [-0.05, 0) is 23.5 Å². The number of nitrogens with one attached hydrogen (secondary N) is 1. The van der Waals surface area contributed by atoms with E-state index in [2.05, 4.69) is 48.1 Å². The fraction of sp³-hybridized carbons (Fsp3) is 0.357. The summed E-state index contributed by atoms with van der Waals surface area (Å²) >= 11 is 0. The summed E-state index contributed by atoms with van der Waals surface area (Å²) < 4.78 is 5.03. The molecule has 17 heavy (non-hydrogen) atoms. The number of aromatic nitrogens is 2. The average molecular weight is 230 g/mol. The van der Waals surface area contributed by atoms with Crippen LogP contribution < -0.4 is 4.74 Å². The van der Waals surface area contributed by atoms with Gasteiger partial charge in [-0.15, -0.1) is 0 Å². The van der Waals surface area contributed by atoms with Crippen molar-refractivity contribution in [3.63, 3.8) is 0 Å². The number of hydrogen-bond acceptors (Lipinski definition) is 2. The highest BCUT2D eigenvalue weighted by molar-refractivity contribution is 5.59. The molecule has 0 bridgehead atoms. The van der Waals surface area contributed by atoms with Crippen LogP contribution in [0.15, 0.2) is 30.5 Å². The number of hydrogen-bond donors (Lipinski definition) is 1. The van der Waals surface area contributed by atoms with Crippen molar-refractivity contribution in [3.05, 3.63) is 36.0 Å². The fourth-order valence-electron chi connectivity index (χ4n) is 1.78. The van der Waals surface area contributed by atoms with E-state index < -0.39 is 0 Å². The lowest BCUT2D eigenvalue weighted by molar-refractivity contribution is 0.384. The van der Waals surface area contributed by atoms with Crippen LogP contribution >= 0.6 is 0 Å². The molecule has 1 unspecified atom stereocenters. The van der Waals surface area contributed by atoms with Crippen molar-refractivity contribution in [1.82, 2.24) is 9.97 Å². The molecule has 0 aliphatic heterocycles. The number of benzene rings is 1. The fourth-order valence-corrected chi connectivity index (χ4v) is 1.78. The zero-order valence-electron chi connectivity index (χ0n) is 10.5. The molecule has 0 aliphatic rings. The molecular weight excluding hydrogens is 212 g/mol. The average Bonchev–Trinajstić information content (AvgIpc) is 2.87. The van der Waals surface area contributed by atoms with Crippen molar-refractivity contribution >= 4 is 0 Å². The van der Waals surface area contributed by atoms with Gasteiger partial charge in [-0.2, -0.15) is 0 Å². The van der Waals surface area contributed by atoms with E-state index in [1.165, 1.54) is 5.56 Å². The molecule has 2 rings (SSSR count). The molecule has 0 saturated heterocycles. The van der Waals surface area contributed by atoms with E-state index in [9.17, 15) is 0 Å². The first-order chi connectivity index (χ1) is 8.24. The van der Waals surface area contributed by atoms with Crippen LogP contribution in [0.4, 0.5) is 0 Å². The maximum atomic E-state index is 5.03. The highest BCUT2D eigenvalue weighted by Crippen LogP contribution is 2.23. The molecule has 90 valence electrons. The zero-order valence-corrected chi connectivity index (χ0v) is 10.5. The van der Waals surface area contributed by atoms with E-state index in [-0.39, 0.29) is 0 Å². The Morgan fingerprint density at radius 3 is 2.53 bits per heavy atom. The smallest absolute Gasteiger partial charge is 0.293 e. The minimum absolute atomic E-state index is 0.547. The van der Waals surface area contributed by atoms with E-state index >= 15 is 0 Å². The lowest BCUT2D eigenvalue weighted by atomic mass is 9.97. The van der Waals surface area contributed by atoms with E-state index in [0.717, 1.165) is 17.7 Å². The van der Waals surface area contributed by atoms with Crippen molar-refractivity contribution in [3.8, 4) is 17.3 Å². The third-order valence-electron chi connectivity index (χ3n) is 3.15. The van der Waals surface area contributed by atoms with Crippen LogP contribution in [0.3, 0.4) is 0 Å². The van der Waals surface area contributed by atoms with Gasteiger partial charge in [0, 0.05) is 0 Å². The molecule has 1 aromatic carbocycles. The van der Waals surface area contributed by atoms with Gasteiger partial charge in [-0.25, -0.2) is 4.98 Å². The topological polar surface area (TPSA) is 37.9 Å². The summed E-state index contributed by atoms with van der Waals surface area (Å²) in [6, 6.07) is 9.14. The summed E-state index contributed by atoms with van der Waals surface area (Å²) in [6.45, 7) is 4.45. The van der Waals surface area contributed by atoms with Crippen LogP contribution in [-0.4, -0.2) is 17.1 Å². The third kappa shape index (κ3) is 2.49. The van der Waals surface area contributed by atoms with Gasteiger partial charge in [0.15, 0.2) is 0 Å². The minimum atomic E-state index is 0.547. The Hall–Kier alpha value is -1.77. The van der Waals surface area contributed by atoms with E-state index in [0.29, 0.717) is 11.9 Å². The number of methoxy groups -OCH3 is 1. The molecule has 3 heteroatoms. The molecule has 0 fully saturated rings. The van der Waals surface area contributed by atoms with Gasteiger partial charge in [0.1, 0.15) is 0 Å². The molecular formula is C14H18N2O. The number of imidazole rings is 1. The maximum absolute atomic E-state index is 5.03. The van der Waals surface area contributed by atoms with E-state index in [1.807, 2.05) is 0 Å². The largest absolute Gasteiger partial charge is 0.468 e. The lowest BCUT2D eigenvalue weighted by Gasteiger charge is -2.09. The molecule has 2 aromatic rings. The maximum Gasteiger partial charge on any atom is 0.293 e. The van der Waals surface area contributed by atoms with Gasteiger partial charge in [0.2, 0.25) is 0 Å². The van der Waals surface area contributed by atoms with Crippen molar-refractivity contribution in [1.29, 1.82) is 0 Å². The van der Waals surface area contributed by atoms with Crippen LogP contribution in [-0.2, 0) is 0 Å². The molecule has 1 N–H and O–H groups in total. The summed E-state index contributed by atoms with van der Waals surface area (Å²) in [7, 11) is 1.61. The molecule has 1 aromatic heterocycles. The van der Waals surface area contributed by atoms with Crippen LogP contribution in [0.2, 0.25) is 0 Å². The van der Waals surface area contributed by atoms with Crippen LogP contribution in [0, 0.1) is 0 Å². The summed E-state index contributed by atoms with van der Waals surface area (Å²) in [5.74, 6) is 0.611. The summed E-state index contributed by atoms with van der Waals surface area (Å²) in [5.41, 5.74) is 3.49. The Morgan fingerprint density at radius 1 is 1.29 bits per heavy atom. The molecule has 0 spiro atoms. The number of rotatable bonds is 4. The summed E-state index contributed by atoms with van der Waals surface area (Å²) in [4.78, 5) is 7.22. The van der Waals surface area contributed by atoms with Crippen LogP contribution in [0.1, 0.15) is 31.7 Å². The van der Waals surface area contributed by atoms with Gasteiger partial charge >= 0.3 is 0 Å². The standard InChI is InChI=1S/C14H18N2O/c1-4-10(2)11-5-7-12(8-6-11)13-9-15-14(16-13)17-3/h5-10H,4H2,1-3H3,(H,15,16). The molecule has 0 aliphatic carbocycles. The number of H-pyrrole nitrogens is 1. The Morgan fingerprint density at radius 2 is 2.00 bits per heavy atom. The molecule has 0 saturated carbocycles. The van der Waals surface area contributed by atoms with Crippen molar-refractivity contribution in [2.24, 2.45) is 0 Å². The SMILES string of the molecule is CCC(C)c1ccc(-c2cnc(OC)[nH]2)cc1. The first-order valence-electron chi connectivity index (χ1n) is 5.94. The monoisotopic (exact) mass is 230 g/mol. The normalized spacial score (nSPS) is 12.4. The highest BCUT2D eigenvalue weighted by atomic mass is 16.5. The predicted molar refractivity (Wildman–Crippen MR) is 69.3 cm³/mol. The quantitative estimate of drug-likeness (QED) is 0.871. The second kappa shape index (κ2) is 5.04. The Labute approximate surface area is 102 Å². The van der Waals surface area contributed by atoms with E-state index in [4.69, 9.17) is 4.74 Å². The van der Waals surface area contributed by atoms with Gasteiger partial charge in [-0.1, -0.05) is 38.1 Å². The first kappa shape index (κ1) is 11.7. The number of ether oxygens (including phenoxy) is 1. The van der Waals surface area contributed by atoms with Crippen molar-refractivity contribution in [2.45, 2.75) is 26.2 Å². The van der Waals surface area contributed by atoms with Gasteiger partial charge < -0.3 is 9.72 Å². The molecule has 0 amide bonds. The van der Waals surface area contributed by atoms with Crippen LogP contribution in [0.25, 0.3) is 11.3 Å². The number of aromatic amines is 1. The zero-order chi connectivity index (χ0) is 12.3. The highest BCUT2D eigenvalue weighted by Gasteiger charge is 2.05. The minimum Gasteiger partial charge on any atom is -0.468 e. The van der Waals surface area contributed by atoms with Crippen LogP contribution in [0.5, 0.6) is 6.01 Å². The Kier molecular flexibility index (Phi) is 3.47.